The molecular formula is C11H22O3. The highest BCUT2D eigenvalue weighted by Crippen LogP contribution is 2.15. The van der Waals surface area contributed by atoms with Crippen LogP contribution in [0.2, 0.25) is 0 Å². The lowest BCUT2D eigenvalue weighted by atomic mass is 9.97. The summed E-state index contributed by atoms with van der Waals surface area (Å²) in [6.07, 6.45) is 4.81. The molecule has 0 fully saturated rings. The number of hydrogen-bond acceptors (Lipinski definition) is 2. The van der Waals surface area contributed by atoms with Crippen molar-refractivity contribution in [1.82, 2.24) is 0 Å². The minimum atomic E-state index is -1.18. The summed E-state index contributed by atoms with van der Waals surface area (Å²) in [5.41, 5.74) is 0. The molecule has 0 aromatic rings. The summed E-state index contributed by atoms with van der Waals surface area (Å²) in [6, 6.07) is 0. The fourth-order valence-corrected chi connectivity index (χ4v) is 1.45. The minimum absolute atomic E-state index is 0.378. The first-order valence-corrected chi connectivity index (χ1v) is 5.48. The Hall–Kier alpha value is -0.570. The van der Waals surface area contributed by atoms with Crippen LogP contribution in [0.5, 0.6) is 0 Å². The van der Waals surface area contributed by atoms with E-state index in [2.05, 4.69) is 13.8 Å². The number of aliphatic hydroxyl groups excluding tert-OH is 1. The zero-order valence-electron chi connectivity index (χ0n) is 9.20. The molecule has 0 saturated carbocycles. The van der Waals surface area contributed by atoms with Gasteiger partial charge in [0.05, 0.1) is 0 Å². The number of rotatable bonds is 8. The third-order valence-corrected chi connectivity index (χ3v) is 2.52. The SMILES string of the molecule is CCCCC[C@@H](C)CCC(O)C(=O)O. The molecule has 0 radical (unpaired) electrons. The van der Waals surface area contributed by atoms with Gasteiger partial charge in [-0.25, -0.2) is 4.79 Å². The Morgan fingerprint density at radius 2 is 1.86 bits per heavy atom. The second kappa shape index (κ2) is 7.80. The Labute approximate surface area is 86.1 Å². The van der Waals surface area contributed by atoms with E-state index in [1.54, 1.807) is 0 Å². The van der Waals surface area contributed by atoms with E-state index < -0.39 is 12.1 Å². The van der Waals surface area contributed by atoms with Gasteiger partial charge in [0.15, 0.2) is 6.10 Å². The molecule has 14 heavy (non-hydrogen) atoms. The highest BCUT2D eigenvalue weighted by molar-refractivity contribution is 5.71. The highest BCUT2D eigenvalue weighted by Gasteiger charge is 2.14. The van der Waals surface area contributed by atoms with Crippen LogP contribution in [-0.2, 0) is 4.79 Å². The summed E-state index contributed by atoms with van der Waals surface area (Å²) in [4.78, 5) is 10.3. The van der Waals surface area contributed by atoms with Gasteiger partial charge in [0.2, 0.25) is 0 Å². The van der Waals surface area contributed by atoms with E-state index in [1.807, 2.05) is 0 Å². The fraction of sp³-hybridized carbons (Fsp3) is 0.909. The molecule has 0 aliphatic heterocycles. The van der Waals surface area contributed by atoms with Gasteiger partial charge >= 0.3 is 5.97 Å². The lowest BCUT2D eigenvalue weighted by Crippen LogP contribution is -2.19. The maximum absolute atomic E-state index is 10.3. The van der Waals surface area contributed by atoms with E-state index in [9.17, 15) is 4.79 Å². The normalized spacial score (nSPS) is 15.1. The van der Waals surface area contributed by atoms with Crippen LogP contribution < -0.4 is 0 Å². The number of unbranched alkanes of at least 4 members (excludes halogenated alkanes) is 2. The average Bonchev–Trinajstić information content (AvgIpc) is 2.14. The van der Waals surface area contributed by atoms with Crippen LogP contribution in [0.3, 0.4) is 0 Å². The lowest BCUT2D eigenvalue weighted by molar-refractivity contribution is -0.147. The summed E-state index contributed by atoms with van der Waals surface area (Å²) < 4.78 is 0. The molecule has 2 N–H and O–H groups in total. The predicted octanol–water partition coefficient (Wildman–Crippen LogP) is 2.43. The van der Waals surface area contributed by atoms with E-state index in [-0.39, 0.29) is 0 Å². The van der Waals surface area contributed by atoms with Crippen molar-refractivity contribution in [1.29, 1.82) is 0 Å². The zero-order valence-corrected chi connectivity index (χ0v) is 9.20. The largest absolute Gasteiger partial charge is 0.479 e. The molecule has 2 atom stereocenters. The van der Waals surface area contributed by atoms with Crippen molar-refractivity contribution in [3.05, 3.63) is 0 Å². The lowest BCUT2D eigenvalue weighted by Gasteiger charge is -2.11. The second-order valence-corrected chi connectivity index (χ2v) is 4.03. The summed E-state index contributed by atoms with van der Waals surface area (Å²) >= 11 is 0. The first-order valence-electron chi connectivity index (χ1n) is 5.48. The van der Waals surface area contributed by atoms with Crippen molar-refractivity contribution in [2.75, 3.05) is 0 Å². The third-order valence-electron chi connectivity index (χ3n) is 2.52. The fourth-order valence-electron chi connectivity index (χ4n) is 1.45. The number of carboxylic acid groups (broad SMARTS) is 1. The average molecular weight is 202 g/mol. The van der Waals surface area contributed by atoms with Crippen molar-refractivity contribution in [2.24, 2.45) is 5.92 Å². The molecular weight excluding hydrogens is 180 g/mol. The Morgan fingerprint density at radius 3 is 2.36 bits per heavy atom. The van der Waals surface area contributed by atoms with Gasteiger partial charge in [-0.05, 0) is 18.8 Å². The molecule has 0 bridgehead atoms. The van der Waals surface area contributed by atoms with Crippen LogP contribution in [-0.4, -0.2) is 22.3 Å². The summed E-state index contributed by atoms with van der Waals surface area (Å²) in [6.45, 7) is 4.28. The van der Waals surface area contributed by atoms with E-state index in [0.717, 1.165) is 12.8 Å². The van der Waals surface area contributed by atoms with Gasteiger partial charge < -0.3 is 10.2 Å². The number of carbonyl (C=O) groups is 1. The van der Waals surface area contributed by atoms with E-state index in [1.165, 1.54) is 19.3 Å². The molecule has 0 amide bonds. The maximum atomic E-state index is 10.3. The molecule has 0 aliphatic rings. The van der Waals surface area contributed by atoms with Crippen molar-refractivity contribution in [3.63, 3.8) is 0 Å². The van der Waals surface area contributed by atoms with E-state index in [4.69, 9.17) is 10.2 Å². The second-order valence-electron chi connectivity index (χ2n) is 4.03. The molecule has 0 saturated heterocycles. The van der Waals surface area contributed by atoms with Gasteiger partial charge in [-0.2, -0.15) is 0 Å². The standard InChI is InChI=1S/C11H22O3/c1-3-4-5-6-9(2)7-8-10(12)11(13)14/h9-10,12H,3-8H2,1-2H3,(H,13,14)/t9-,10?/m1/s1. The van der Waals surface area contributed by atoms with Gasteiger partial charge in [-0.3, -0.25) is 0 Å². The van der Waals surface area contributed by atoms with Crippen molar-refractivity contribution >= 4 is 5.97 Å². The quantitative estimate of drug-likeness (QED) is 0.594. The Bertz CT molecular complexity index is 157. The van der Waals surface area contributed by atoms with Gasteiger partial charge in [-0.1, -0.05) is 39.5 Å². The summed E-state index contributed by atoms with van der Waals surface area (Å²) in [5.74, 6) is -0.582. The smallest absolute Gasteiger partial charge is 0.332 e. The molecule has 0 aromatic heterocycles. The number of carboxylic acids is 1. The Balaban J connectivity index is 3.43. The van der Waals surface area contributed by atoms with E-state index in [0.29, 0.717) is 12.3 Å². The first kappa shape index (κ1) is 13.4. The van der Waals surface area contributed by atoms with Crippen LogP contribution >= 0.6 is 0 Å². The van der Waals surface area contributed by atoms with Crippen LogP contribution in [0.1, 0.15) is 52.4 Å². The van der Waals surface area contributed by atoms with Crippen molar-refractivity contribution in [3.8, 4) is 0 Å². The van der Waals surface area contributed by atoms with Gasteiger partial charge in [-0.15, -0.1) is 0 Å². The van der Waals surface area contributed by atoms with Crippen LogP contribution in [0.25, 0.3) is 0 Å². The topological polar surface area (TPSA) is 57.5 Å². The molecule has 1 unspecified atom stereocenters. The Kier molecular flexibility index (Phi) is 7.48. The highest BCUT2D eigenvalue weighted by atomic mass is 16.4. The summed E-state index contributed by atoms with van der Waals surface area (Å²) in [7, 11) is 0. The molecule has 0 spiro atoms. The third kappa shape index (κ3) is 6.89. The molecule has 3 nitrogen and oxygen atoms in total. The predicted molar refractivity (Wildman–Crippen MR) is 56.2 cm³/mol. The Morgan fingerprint density at radius 1 is 1.21 bits per heavy atom. The number of hydrogen-bond donors (Lipinski definition) is 2. The first-order chi connectivity index (χ1) is 6.57. The van der Waals surface area contributed by atoms with Crippen molar-refractivity contribution in [2.45, 2.75) is 58.5 Å². The molecule has 84 valence electrons. The molecule has 0 aliphatic carbocycles. The number of aliphatic carboxylic acids is 1. The minimum Gasteiger partial charge on any atom is -0.479 e. The maximum Gasteiger partial charge on any atom is 0.332 e. The van der Waals surface area contributed by atoms with Crippen LogP contribution in [0.15, 0.2) is 0 Å². The molecule has 0 heterocycles. The van der Waals surface area contributed by atoms with Crippen LogP contribution in [0, 0.1) is 5.92 Å². The van der Waals surface area contributed by atoms with Crippen molar-refractivity contribution < 1.29 is 15.0 Å². The molecule has 3 heteroatoms. The van der Waals surface area contributed by atoms with E-state index >= 15 is 0 Å². The van der Waals surface area contributed by atoms with Gasteiger partial charge in [0.25, 0.3) is 0 Å². The van der Waals surface area contributed by atoms with Crippen LogP contribution in [0.4, 0.5) is 0 Å². The molecule has 0 aromatic carbocycles. The summed E-state index contributed by atoms with van der Waals surface area (Å²) in [5, 5.41) is 17.5. The van der Waals surface area contributed by atoms with Gasteiger partial charge in [0.1, 0.15) is 0 Å². The zero-order chi connectivity index (χ0) is 11.0. The number of aliphatic hydroxyl groups is 1. The molecule has 0 rings (SSSR count). The van der Waals surface area contributed by atoms with Gasteiger partial charge in [0, 0.05) is 0 Å². The monoisotopic (exact) mass is 202 g/mol.